The standard InChI is InChI=1S/C25H33N7O2/c1-15(2)30-8-7-18(20(12-30)23(26)33)17-5-6-19-22(11-17)34-10-9-31-13-21(29-24(19)31)25-27-14-28-32(25)16(3)4/h5-6,11,13-16,18,20H,7-10,12H2,1-4H3,(H2,26,33)/t18-,20-/m0/s1. The van der Waals surface area contributed by atoms with Crippen LogP contribution in [0.4, 0.5) is 0 Å². The van der Waals surface area contributed by atoms with Crippen LogP contribution in [-0.4, -0.2) is 60.9 Å². The molecule has 2 aliphatic rings. The maximum absolute atomic E-state index is 12.3. The lowest BCUT2D eigenvalue weighted by Gasteiger charge is -2.39. The topological polar surface area (TPSA) is 104 Å². The number of ether oxygens (including phenoxy) is 1. The minimum absolute atomic E-state index is 0.0875. The van der Waals surface area contributed by atoms with Crippen molar-refractivity contribution in [2.24, 2.45) is 11.7 Å². The third-order valence-electron chi connectivity index (χ3n) is 7.07. The largest absolute Gasteiger partial charge is 0.491 e. The molecule has 0 aliphatic carbocycles. The smallest absolute Gasteiger partial charge is 0.222 e. The summed E-state index contributed by atoms with van der Waals surface area (Å²) in [6, 6.07) is 6.85. The van der Waals surface area contributed by atoms with Crippen molar-refractivity contribution in [3.63, 3.8) is 0 Å². The lowest BCUT2D eigenvalue weighted by atomic mass is 9.79. The highest BCUT2D eigenvalue weighted by Crippen LogP contribution is 2.40. The predicted molar refractivity (Wildman–Crippen MR) is 129 cm³/mol. The summed E-state index contributed by atoms with van der Waals surface area (Å²) in [5.41, 5.74) is 8.69. The van der Waals surface area contributed by atoms with Gasteiger partial charge in [-0.3, -0.25) is 4.79 Å². The second-order valence-corrected chi connectivity index (χ2v) is 9.86. The van der Waals surface area contributed by atoms with E-state index in [9.17, 15) is 4.79 Å². The molecule has 34 heavy (non-hydrogen) atoms. The molecule has 1 fully saturated rings. The fourth-order valence-electron chi connectivity index (χ4n) is 5.18. The van der Waals surface area contributed by atoms with E-state index >= 15 is 0 Å². The first-order valence-electron chi connectivity index (χ1n) is 12.1. The number of aromatic nitrogens is 5. The third-order valence-corrected chi connectivity index (χ3v) is 7.07. The molecule has 0 unspecified atom stereocenters. The van der Waals surface area contributed by atoms with Crippen LogP contribution >= 0.6 is 0 Å². The van der Waals surface area contributed by atoms with E-state index in [2.05, 4.69) is 65.4 Å². The van der Waals surface area contributed by atoms with Crippen LogP contribution in [-0.2, 0) is 11.3 Å². The van der Waals surface area contributed by atoms with Gasteiger partial charge in [-0.2, -0.15) is 5.10 Å². The van der Waals surface area contributed by atoms with Gasteiger partial charge >= 0.3 is 0 Å². The first-order valence-corrected chi connectivity index (χ1v) is 12.1. The van der Waals surface area contributed by atoms with Crippen molar-refractivity contribution in [2.75, 3.05) is 19.7 Å². The Labute approximate surface area is 199 Å². The van der Waals surface area contributed by atoms with Crippen LogP contribution in [0.25, 0.3) is 22.9 Å². The molecule has 0 saturated carbocycles. The van der Waals surface area contributed by atoms with E-state index in [0.717, 1.165) is 47.2 Å². The molecule has 0 bridgehead atoms. The SMILES string of the molecule is CC(C)N1CC[C@@H](c2ccc3c(c2)OCCn2cc(-c4ncnn4C(C)C)nc2-3)[C@@H](C(N)=O)C1. The Bertz CT molecular complexity index is 1200. The molecule has 5 rings (SSSR count). The molecule has 2 aliphatic heterocycles. The van der Waals surface area contributed by atoms with Gasteiger partial charge in [-0.15, -0.1) is 0 Å². The molecule has 9 nitrogen and oxygen atoms in total. The number of primary amides is 1. The summed E-state index contributed by atoms with van der Waals surface area (Å²) < 4.78 is 10.2. The minimum Gasteiger partial charge on any atom is -0.491 e. The highest BCUT2D eigenvalue weighted by atomic mass is 16.5. The predicted octanol–water partition coefficient (Wildman–Crippen LogP) is 3.08. The van der Waals surface area contributed by atoms with E-state index in [4.69, 9.17) is 15.5 Å². The number of carbonyl (C=O) groups is 1. The fraction of sp³-hybridized carbons (Fsp3) is 0.520. The van der Waals surface area contributed by atoms with Gasteiger partial charge in [-0.1, -0.05) is 6.07 Å². The molecule has 1 amide bonds. The lowest BCUT2D eigenvalue weighted by molar-refractivity contribution is -0.124. The zero-order chi connectivity index (χ0) is 24.0. The van der Waals surface area contributed by atoms with Crippen LogP contribution in [0.3, 0.4) is 0 Å². The molecule has 2 aromatic heterocycles. The first kappa shape index (κ1) is 22.6. The van der Waals surface area contributed by atoms with Gasteiger partial charge in [0.2, 0.25) is 5.91 Å². The number of likely N-dealkylation sites (tertiary alicyclic amines) is 1. The quantitative estimate of drug-likeness (QED) is 0.624. The van der Waals surface area contributed by atoms with Crippen molar-refractivity contribution in [3.8, 4) is 28.7 Å². The molecule has 1 saturated heterocycles. The molecule has 0 radical (unpaired) electrons. The Balaban J connectivity index is 1.49. The first-order chi connectivity index (χ1) is 16.3. The van der Waals surface area contributed by atoms with Crippen molar-refractivity contribution in [2.45, 2.75) is 58.7 Å². The average molecular weight is 464 g/mol. The highest BCUT2D eigenvalue weighted by molar-refractivity contribution is 5.78. The van der Waals surface area contributed by atoms with Gasteiger partial charge in [-0.05, 0) is 64.3 Å². The van der Waals surface area contributed by atoms with Crippen LogP contribution in [0, 0.1) is 5.92 Å². The number of imidazole rings is 1. The lowest BCUT2D eigenvalue weighted by Crippen LogP contribution is -2.47. The summed E-state index contributed by atoms with van der Waals surface area (Å²) in [7, 11) is 0. The normalized spacial score (nSPS) is 20.6. The summed E-state index contributed by atoms with van der Waals surface area (Å²) >= 11 is 0. The maximum Gasteiger partial charge on any atom is 0.222 e. The number of nitrogens with two attached hydrogens (primary N) is 1. The molecule has 4 heterocycles. The van der Waals surface area contributed by atoms with Crippen LogP contribution in [0.15, 0.2) is 30.7 Å². The highest BCUT2D eigenvalue weighted by Gasteiger charge is 2.35. The van der Waals surface area contributed by atoms with Crippen molar-refractivity contribution in [1.29, 1.82) is 0 Å². The molecule has 3 aromatic rings. The van der Waals surface area contributed by atoms with Gasteiger partial charge in [0.1, 0.15) is 30.2 Å². The second kappa shape index (κ2) is 8.87. The number of piperidine rings is 1. The monoisotopic (exact) mass is 463 g/mol. The van der Waals surface area contributed by atoms with E-state index in [1.807, 2.05) is 10.9 Å². The summed E-state index contributed by atoms with van der Waals surface area (Å²) in [4.78, 5) is 24.1. The molecule has 1 aromatic carbocycles. The Hall–Kier alpha value is -3.20. The van der Waals surface area contributed by atoms with Crippen LogP contribution in [0.5, 0.6) is 5.75 Å². The Morgan fingerprint density at radius 2 is 1.97 bits per heavy atom. The van der Waals surface area contributed by atoms with Gasteiger partial charge in [0.25, 0.3) is 0 Å². The minimum atomic E-state index is -0.235. The second-order valence-electron chi connectivity index (χ2n) is 9.86. The summed E-state index contributed by atoms with van der Waals surface area (Å²) in [5.74, 6) is 2.05. The average Bonchev–Trinajstić information content (AvgIpc) is 3.43. The molecule has 2 N–H and O–H groups in total. The van der Waals surface area contributed by atoms with E-state index in [-0.39, 0.29) is 23.8 Å². The number of amides is 1. The molecule has 0 spiro atoms. The summed E-state index contributed by atoms with van der Waals surface area (Å²) in [6.07, 6.45) is 4.49. The third kappa shape index (κ3) is 3.98. The Kier molecular flexibility index (Phi) is 5.89. The fourth-order valence-corrected chi connectivity index (χ4v) is 5.18. The van der Waals surface area contributed by atoms with Gasteiger partial charge in [-0.25, -0.2) is 14.6 Å². The van der Waals surface area contributed by atoms with Crippen LogP contribution < -0.4 is 10.5 Å². The molecule has 2 atom stereocenters. The van der Waals surface area contributed by atoms with Crippen molar-refractivity contribution >= 4 is 5.91 Å². The summed E-state index contributed by atoms with van der Waals surface area (Å²) in [5, 5.41) is 4.35. The number of fused-ring (bicyclic) bond motifs is 3. The summed E-state index contributed by atoms with van der Waals surface area (Å²) in [6.45, 7) is 11.4. The van der Waals surface area contributed by atoms with E-state index in [1.54, 1.807) is 6.33 Å². The van der Waals surface area contributed by atoms with E-state index in [0.29, 0.717) is 25.7 Å². The Morgan fingerprint density at radius 3 is 2.71 bits per heavy atom. The molecule has 180 valence electrons. The number of nitrogens with zero attached hydrogens (tertiary/aromatic N) is 6. The number of benzene rings is 1. The van der Waals surface area contributed by atoms with Crippen molar-refractivity contribution in [3.05, 3.63) is 36.3 Å². The van der Waals surface area contributed by atoms with Crippen LogP contribution in [0.2, 0.25) is 0 Å². The van der Waals surface area contributed by atoms with Gasteiger partial charge in [0.15, 0.2) is 5.82 Å². The number of rotatable bonds is 5. The molecular formula is C25H33N7O2. The maximum atomic E-state index is 12.3. The number of hydrogen-bond donors (Lipinski definition) is 1. The van der Waals surface area contributed by atoms with Crippen molar-refractivity contribution < 1.29 is 9.53 Å². The zero-order valence-corrected chi connectivity index (χ0v) is 20.3. The van der Waals surface area contributed by atoms with Gasteiger partial charge in [0.05, 0.1) is 18.0 Å². The number of hydrogen-bond acceptors (Lipinski definition) is 6. The van der Waals surface area contributed by atoms with Crippen LogP contribution in [0.1, 0.15) is 51.6 Å². The van der Waals surface area contributed by atoms with Gasteiger partial charge < -0.3 is 19.9 Å². The Morgan fingerprint density at radius 1 is 1.15 bits per heavy atom. The number of carbonyl (C=O) groups excluding carboxylic acids is 1. The molecule has 9 heteroatoms. The van der Waals surface area contributed by atoms with Gasteiger partial charge in [0, 0.05) is 24.8 Å². The van der Waals surface area contributed by atoms with Crippen molar-refractivity contribution in [1.82, 2.24) is 29.2 Å². The van der Waals surface area contributed by atoms with E-state index < -0.39 is 0 Å². The zero-order valence-electron chi connectivity index (χ0n) is 20.3. The molecular weight excluding hydrogens is 430 g/mol. The van der Waals surface area contributed by atoms with E-state index in [1.165, 1.54) is 0 Å².